The lowest BCUT2D eigenvalue weighted by Gasteiger charge is -2.30. The lowest BCUT2D eigenvalue weighted by atomic mass is 10.0. The maximum atomic E-state index is 12.8. The van der Waals surface area contributed by atoms with Crippen LogP contribution in [-0.4, -0.2) is 68.5 Å². The summed E-state index contributed by atoms with van der Waals surface area (Å²) in [6, 6.07) is -0.789. The van der Waals surface area contributed by atoms with Crippen LogP contribution < -0.4 is 10.2 Å². The summed E-state index contributed by atoms with van der Waals surface area (Å²) >= 11 is 0. The number of phosphoric ester groups is 1. The fraction of sp³-hybridized carbons (Fsp3) is 0.974. The molecule has 0 spiro atoms. The number of likely N-dealkylation sites (N-methyl/N-ethyl adjacent to an activating group) is 1. The van der Waals surface area contributed by atoms with E-state index in [4.69, 9.17) is 9.05 Å². The summed E-state index contributed by atoms with van der Waals surface area (Å²) in [5.74, 6) is -0.166. The Hall–Kier alpha value is -0.500. The molecule has 47 heavy (non-hydrogen) atoms. The van der Waals surface area contributed by atoms with Crippen LogP contribution in [0.15, 0.2) is 0 Å². The zero-order valence-corrected chi connectivity index (χ0v) is 32.6. The maximum absolute atomic E-state index is 12.8. The minimum Gasteiger partial charge on any atom is -0.756 e. The third-order valence-electron chi connectivity index (χ3n) is 9.10. The molecule has 0 aliphatic rings. The second-order valence-corrected chi connectivity index (χ2v) is 16.4. The highest BCUT2D eigenvalue weighted by Crippen LogP contribution is 2.38. The number of carbonyl (C=O) groups excluding carboxylic acids is 1. The molecule has 2 N–H and O–H groups in total. The fourth-order valence-electron chi connectivity index (χ4n) is 5.86. The Morgan fingerprint density at radius 2 is 1.04 bits per heavy atom. The van der Waals surface area contributed by atoms with Gasteiger partial charge < -0.3 is 28.8 Å². The molecule has 8 nitrogen and oxygen atoms in total. The lowest BCUT2D eigenvalue weighted by Crippen LogP contribution is -2.46. The van der Waals surface area contributed by atoms with Gasteiger partial charge in [0, 0.05) is 6.42 Å². The van der Waals surface area contributed by atoms with Crippen LogP contribution in [0.1, 0.15) is 187 Å². The van der Waals surface area contributed by atoms with Crippen molar-refractivity contribution in [1.29, 1.82) is 0 Å². The van der Waals surface area contributed by atoms with Crippen LogP contribution in [0.2, 0.25) is 0 Å². The molecule has 0 heterocycles. The van der Waals surface area contributed by atoms with Gasteiger partial charge >= 0.3 is 0 Å². The SMILES string of the molecule is CCCCCCCCCCCCCCCCCCCCC(=O)NC(COP(=O)([O-])OCC[N+](C)(C)C)C(O)CCCCCCCCC. The highest BCUT2D eigenvalue weighted by Gasteiger charge is 2.24. The summed E-state index contributed by atoms with van der Waals surface area (Å²) in [6.45, 7) is 4.67. The molecule has 0 aromatic heterocycles. The smallest absolute Gasteiger partial charge is 0.268 e. The summed E-state index contributed by atoms with van der Waals surface area (Å²) in [4.78, 5) is 25.1. The van der Waals surface area contributed by atoms with E-state index in [1.54, 1.807) is 0 Å². The molecule has 0 fully saturated rings. The summed E-state index contributed by atoms with van der Waals surface area (Å²) in [5, 5.41) is 13.7. The van der Waals surface area contributed by atoms with E-state index in [0.717, 1.165) is 38.5 Å². The van der Waals surface area contributed by atoms with Crippen molar-refractivity contribution < 1.29 is 32.9 Å². The van der Waals surface area contributed by atoms with Crippen molar-refractivity contribution >= 4 is 13.7 Å². The molecule has 1 amide bonds. The molecule has 9 heteroatoms. The minimum absolute atomic E-state index is 0.0151. The first-order valence-electron chi connectivity index (χ1n) is 19.9. The summed E-state index contributed by atoms with van der Waals surface area (Å²) in [5.41, 5.74) is 0. The number of hydrogen-bond acceptors (Lipinski definition) is 6. The third-order valence-corrected chi connectivity index (χ3v) is 10.1. The van der Waals surface area contributed by atoms with Gasteiger partial charge in [0.2, 0.25) is 5.91 Å². The van der Waals surface area contributed by atoms with E-state index in [1.165, 1.54) is 122 Å². The van der Waals surface area contributed by atoms with Crippen LogP contribution in [0.5, 0.6) is 0 Å². The van der Waals surface area contributed by atoms with Gasteiger partial charge in [0.05, 0.1) is 39.9 Å². The molecule has 0 aromatic carbocycles. The van der Waals surface area contributed by atoms with Gasteiger partial charge in [-0.15, -0.1) is 0 Å². The highest BCUT2D eigenvalue weighted by molar-refractivity contribution is 7.45. The second kappa shape index (κ2) is 31.5. The minimum atomic E-state index is -4.54. The number of carbonyl (C=O) groups is 1. The molecule has 3 unspecified atom stereocenters. The molecule has 0 aromatic rings. The monoisotopic (exact) mass is 691 g/mol. The van der Waals surface area contributed by atoms with Gasteiger partial charge in [0.15, 0.2) is 0 Å². The summed E-state index contributed by atoms with van der Waals surface area (Å²) < 4.78 is 23.1. The van der Waals surface area contributed by atoms with E-state index in [1.807, 2.05) is 21.1 Å². The van der Waals surface area contributed by atoms with E-state index in [-0.39, 0.29) is 19.1 Å². The number of nitrogens with one attached hydrogen (secondary N) is 1. The van der Waals surface area contributed by atoms with E-state index < -0.39 is 20.0 Å². The van der Waals surface area contributed by atoms with Gasteiger partial charge in [-0.2, -0.15) is 0 Å². The Morgan fingerprint density at radius 3 is 1.45 bits per heavy atom. The van der Waals surface area contributed by atoms with Gasteiger partial charge in [-0.25, -0.2) is 0 Å². The molecular weight excluding hydrogens is 611 g/mol. The Bertz CT molecular complexity index is 748. The van der Waals surface area contributed by atoms with Gasteiger partial charge in [-0.1, -0.05) is 168 Å². The van der Waals surface area contributed by atoms with Crippen LogP contribution in [0.4, 0.5) is 0 Å². The Morgan fingerprint density at radius 1 is 0.660 bits per heavy atom. The Balaban J connectivity index is 4.22. The van der Waals surface area contributed by atoms with Crippen LogP contribution in [0.3, 0.4) is 0 Å². The van der Waals surface area contributed by atoms with Gasteiger partial charge in [0.1, 0.15) is 13.2 Å². The number of hydrogen-bond donors (Lipinski definition) is 2. The number of aliphatic hydroxyl groups excluding tert-OH is 1. The van der Waals surface area contributed by atoms with Crippen molar-refractivity contribution in [2.24, 2.45) is 0 Å². The van der Waals surface area contributed by atoms with E-state index in [9.17, 15) is 19.4 Å². The van der Waals surface area contributed by atoms with Crippen molar-refractivity contribution in [2.75, 3.05) is 40.9 Å². The predicted molar refractivity (Wildman–Crippen MR) is 196 cm³/mol. The van der Waals surface area contributed by atoms with Crippen molar-refractivity contribution in [2.45, 2.75) is 199 Å². The molecule has 0 radical (unpaired) electrons. The summed E-state index contributed by atoms with van der Waals surface area (Å²) in [6.07, 6.45) is 31.2. The van der Waals surface area contributed by atoms with Gasteiger partial charge in [-0.3, -0.25) is 9.36 Å². The van der Waals surface area contributed by atoms with Gasteiger partial charge in [0.25, 0.3) is 7.82 Å². The first kappa shape index (κ1) is 46.5. The van der Waals surface area contributed by atoms with Crippen molar-refractivity contribution in [3.8, 4) is 0 Å². The Kier molecular flexibility index (Phi) is 31.1. The zero-order valence-electron chi connectivity index (χ0n) is 31.8. The molecule has 3 atom stereocenters. The van der Waals surface area contributed by atoms with Crippen LogP contribution in [-0.2, 0) is 18.4 Å². The predicted octanol–water partition coefficient (Wildman–Crippen LogP) is 9.61. The number of quaternary nitrogens is 1. The number of nitrogens with zero attached hydrogens (tertiary/aromatic N) is 1. The molecule has 0 saturated heterocycles. The zero-order chi connectivity index (χ0) is 35.1. The number of rotatable bonds is 36. The van der Waals surface area contributed by atoms with Crippen molar-refractivity contribution in [3.63, 3.8) is 0 Å². The molecular formula is C38H79N2O6P. The molecule has 0 bridgehead atoms. The fourth-order valence-corrected chi connectivity index (χ4v) is 6.59. The van der Waals surface area contributed by atoms with Crippen molar-refractivity contribution in [3.05, 3.63) is 0 Å². The first-order chi connectivity index (χ1) is 22.5. The summed E-state index contributed by atoms with van der Waals surface area (Å²) in [7, 11) is 1.31. The largest absolute Gasteiger partial charge is 0.756 e. The molecule has 0 saturated carbocycles. The van der Waals surface area contributed by atoms with Gasteiger partial charge in [-0.05, 0) is 12.8 Å². The van der Waals surface area contributed by atoms with Crippen LogP contribution in [0.25, 0.3) is 0 Å². The average molecular weight is 691 g/mol. The number of amides is 1. The van der Waals surface area contributed by atoms with Crippen LogP contribution in [0, 0.1) is 0 Å². The number of phosphoric acid groups is 1. The lowest BCUT2D eigenvalue weighted by molar-refractivity contribution is -0.870. The third kappa shape index (κ3) is 33.8. The van der Waals surface area contributed by atoms with Crippen molar-refractivity contribution in [1.82, 2.24) is 5.32 Å². The molecule has 282 valence electrons. The molecule has 0 aliphatic carbocycles. The molecule has 0 aliphatic heterocycles. The van der Waals surface area contributed by atoms with Crippen LogP contribution >= 0.6 is 7.82 Å². The van der Waals surface area contributed by atoms with E-state index in [0.29, 0.717) is 23.9 Å². The maximum Gasteiger partial charge on any atom is 0.268 e. The standard InChI is InChI=1S/C38H79N2O6P/c1-6-8-10-12-14-15-16-17-18-19-20-21-22-23-24-26-28-30-32-38(42)39-36(37(41)31-29-27-25-13-11-9-7-2)35-46-47(43,44)45-34-33-40(3,4)5/h36-37,41H,6-35H2,1-5H3,(H-,39,42,43,44). The second-order valence-electron chi connectivity index (χ2n) is 15.0. The molecule has 0 rings (SSSR count). The van der Waals surface area contributed by atoms with E-state index in [2.05, 4.69) is 19.2 Å². The Labute approximate surface area is 291 Å². The van der Waals surface area contributed by atoms with E-state index >= 15 is 0 Å². The highest BCUT2D eigenvalue weighted by atomic mass is 31.2. The first-order valence-corrected chi connectivity index (χ1v) is 21.3. The average Bonchev–Trinajstić information content (AvgIpc) is 3.01. The topological polar surface area (TPSA) is 108 Å². The number of unbranched alkanes of at least 4 members (excludes halogenated alkanes) is 23. The normalized spacial score (nSPS) is 14.6. The quantitative estimate of drug-likeness (QED) is 0.0385. The number of aliphatic hydroxyl groups is 1.